The van der Waals surface area contributed by atoms with Crippen molar-refractivity contribution < 1.29 is 5.11 Å². The van der Waals surface area contributed by atoms with E-state index in [0.29, 0.717) is 6.04 Å². The summed E-state index contributed by atoms with van der Waals surface area (Å²) in [7, 11) is 1.00. The molecule has 0 radical (unpaired) electrons. The van der Waals surface area contributed by atoms with E-state index in [9.17, 15) is 0 Å². The van der Waals surface area contributed by atoms with Crippen LogP contribution in [0.4, 0.5) is 0 Å². The molecule has 0 heterocycles. The summed E-state index contributed by atoms with van der Waals surface area (Å²) in [4.78, 5) is 0. The molecule has 1 fully saturated rings. The van der Waals surface area contributed by atoms with Crippen LogP contribution in [-0.2, 0) is 0 Å². The third-order valence-electron chi connectivity index (χ3n) is 3.30. The maximum absolute atomic E-state index is 7.00. The minimum Gasteiger partial charge on any atom is -0.400 e. The Morgan fingerprint density at radius 3 is 2.29 bits per heavy atom. The van der Waals surface area contributed by atoms with Gasteiger partial charge in [0.2, 0.25) is 0 Å². The van der Waals surface area contributed by atoms with Crippen molar-refractivity contribution in [1.29, 1.82) is 0 Å². The van der Waals surface area contributed by atoms with E-state index < -0.39 is 0 Å². The molecule has 0 amide bonds. The summed E-state index contributed by atoms with van der Waals surface area (Å²) in [5.74, 6) is 2.18. The summed E-state index contributed by atoms with van der Waals surface area (Å²) in [5.41, 5.74) is 6.18. The van der Waals surface area contributed by atoms with Crippen LogP contribution in [0.3, 0.4) is 0 Å². The number of aliphatic hydroxyl groups excluding tert-OH is 1. The molecule has 3 heteroatoms. The van der Waals surface area contributed by atoms with Crippen molar-refractivity contribution in [2.75, 3.05) is 12.9 Å². The highest BCUT2D eigenvalue weighted by molar-refractivity contribution is 7.99. The molecule has 0 aliphatic heterocycles. The van der Waals surface area contributed by atoms with E-state index in [2.05, 4.69) is 13.8 Å². The van der Waals surface area contributed by atoms with Crippen molar-refractivity contribution in [2.45, 2.75) is 70.1 Å². The SMILES string of the molecule is CC(C)SCC[C@@H](N)CC1CCCCC1.CO. The molecule has 1 saturated carbocycles. The van der Waals surface area contributed by atoms with Crippen LogP contribution in [0.5, 0.6) is 0 Å². The van der Waals surface area contributed by atoms with Crippen LogP contribution in [-0.4, -0.2) is 29.3 Å². The Morgan fingerprint density at radius 1 is 1.18 bits per heavy atom. The second-order valence-electron chi connectivity index (χ2n) is 5.21. The van der Waals surface area contributed by atoms with Gasteiger partial charge in [-0.15, -0.1) is 0 Å². The van der Waals surface area contributed by atoms with E-state index in [1.54, 1.807) is 0 Å². The highest BCUT2D eigenvalue weighted by atomic mass is 32.2. The molecule has 3 N–H and O–H groups in total. The molecule has 1 aliphatic carbocycles. The smallest absolute Gasteiger partial charge is 0.0319 e. The normalized spacial score (nSPS) is 18.7. The van der Waals surface area contributed by atoms with E-state index in [4.69, 9.17) is 10.8 Å². The molecular formula is C14H31NOS. The highest BCUT2D eigenvalue weighted by Crippen LogP contribution is 2.27. The zero-order valence-electron chi connectivity index (χ0n) is 11.8. The summed E-state index contributed by atoms with van der Waals surface area (Å²) >= 11 is 2.04. The quantitative estimate of drug-likeness (QED) is 0.770. The first kappa shape index (κ1) is 17.3. The minimum atomic E-state index is 0.458. The number of hydrogen-bond donors (Lipinski definition) is 2. The number of nitrogens with two attached hydrogens (primary N) is 1. The molecule has 1 rings (SSSR count). The number of rotatable bonds is 6. The first-order valence-electron chi connectivity index (χ1n) is 7.00. The number of hydrogen-bond acceptors (Lipinski definition) is 3. The van der Waals surface area contributed by atoms with Gasteiger partial charge in [-0.3, -0.25) is 0 Å². The molecule has 0 aromatic carbocycles. The Kier molecular flexibility index (Phi) is 11.5. The maximum Gasteiger partial charge on any atom is 0.0319 e. The first-order valence-corrected chi connectivity index (χ1v) is 8.05. The van der Waals surface area contributed by atoms with Crippen LogP contribution >= 0.6 is 11.8 Å². The van der Waals surface area contributed by atoms with Crippen molar-refractivity contribution in [3.63, 3.8) is 0 Å². The third-order valence-corrected chi connectivity index (χ3v) is 4.44. The van der Waals surface area contributed by atoms with Gasteiger partial charge in [0.05, 0.1) is 0 Å². The van der Waals surface area contributed by atoms with Crippen molar-refractivity contribution >= 4 is 11.8 Å². The van der Waals surface area contributed by atoms with Crippen molar-refractivity contribution in [3.8, 4) is 0 Å². The van der Waals surface area contributed by atoms with Gasteiger partial charge < -0.3 is 10.8 Å². The van der Waals surface area contributed by atoms with Crippen LogP contribution in [0, 0.1) is 5.92 Å². The van der Waals surface area contributed by atoms with Crippen LogP contribution in [0.25, 0.3) is 0 Å². The van der Waals surface area contributed by atoms with Gasteiger partial charge in [0.15, 0.2) is 0 Å². The maximum atomic E-state index is 7.00. The first-order chi connectivity index (χ1) is 8.18. The van der Waals surface area contributed by atoms with E-state index in [1.165, 1.54) is 50.7 Å². The van der Waals surface area contributed by atoms with Crippen molar-refractivity contribution in [2.24, 2.45) is 11.7 Å². The summed E-state index contributed by atoms with van der Waals surface area (Å²) in [6.07, 6.45) is 9.69. The molecule has 0 aromatic heterocycles. The number of thioether (sulfide) groups is 1. The Morgan fingerprint density at radius 2 is 1.76 bits per heavy atom. The Balaban J connectivity index is 0.00000121. The van der Waals surface area contributed by atoms with Gasteiger partial charge in [-0.05, 0) is 29.8 Å². The van der Waals surface area contributed by atoms with Gasteiger partial charge in [-0.2, -0.15) is 11.8 Å². The minimum absolute atomic E-state index is 0.458. The van der Waals surface area contributed by atoms with Gasteiger partial charge in [0, 0.05) is 13.2 Å². The van der Waals surface area contributed by atoms with Crippen LogP contribution in [0.15, 0.2) is 0 Å². The molecule has 0 spiro atoms. The fourth-order valence-electron chi connectivity index (χ4n) is 2.42. The predicted molar refractivity (Wildman–Crippen MR) is 79.5 cm³/mol. The summed E-state index contributed by atoms with van der Waals surface area (Å²) < 4.78 is 0. The molecular weight excluding hydrogens is 230 g/mol. The molecule has 104 valence electrons. The fourth-order valence-corrected chi connectivity index (χ4v) is 3.33. The van der Waals surface area contributed by atoms with Gasteiger partial charge in [0.1, 0.15) is 0 Å². The van der Waals surface area contributed by atoms with Gasteiger partial charge in [0.25, 0.3) is 0 Å². The van der Waals surface area contributed by atoms with E-state index in [0.717, 1.165) is 18.3 Å². The second kappa shape index (κ2) is 11.4. The molecule has 2 nitrogen and oxygen atoms in total. The summed E-state index contributed by atoms with van der Waals surface area (Å²) in [5, 5.41) is 7.76. The fraction of sp³-hybridized carbons (Fsp3) is 1.00. The number of aliphatic hydroxyl groups is 1. The second-order valence-corrected chi connectivity index (χ2v) is 6.89. The highest BCUT2D eigenvalue weighted by Gasteiger charge is 2.16. The van der Waals surface area contributed by atoms with E-state index in [1.807, 2.05) is 11.8 Å². The van der Waals surface area contributed by atoms with E-state index in [-0.39, 0.29) is 0 Å². The van der Waals surface area contributed by atoms with Crippen LogP contribution < -0.4 is 5.73 Å². The van der Waals surface area contributed by atoms with E-state index >= 15 is 0 Å². The zero-order chi connectivity index (χ0) is 13.1. The molecule has 17 heavy (non-hydrogen) atoms. The molecule has 0 saturated heterocycles. The summed E-state index contributed by atoms with van der Waals surface area (Å²) in [6, 6.07) is 0.458. The lowest BCUT2D eigenvalue weighted by molar-refractivity contribution is 0.315. The van der Waals surface area contributed by atoms with Crippen LogP contribution in [0.2, 0.25) is 0 Å². The topological polar surface area (TPSA) is 46.2 Å². The molecule has 0 bridgehead atoms. The van der Waals surface area contributed by atoms with Crippen molar-refractivity contribution in [3.05, 3.63) is 0 Å². The van der Waals surface area contributed by atoms with Gasteiger partial charge in [-0.25, -0.2) is 0 Å². The Labute approximate surface area is 112 Å². The third kappa shape index (κ3) is 9.93. The Hall–Kier alpha value is 0.270. The lowest BCUT2D eigenvalue weighted by atomic mass is 9.84. The predicted octanol–water partition coefficient (Wildman–Crippen LogP) is 3.42. The molecule has 0 aromatic rings. The molecule has 0 unspecified atom stereocenters. The Bertz CT molecular complexity index is 158. The summed E-state index contributed by atoms with van der Waals surface area (Å²) in [6.45, 7) is 4.52. The molecule has 1 aliphatic rings. The largest absolute Gasteiger partial charge is 0.400 e. The van der Waals surface area contributed by atoms with Gasteiger partial charge in [-0.1, -0.05) is 46.0 Å². The van der Waals surface area contributed by atoms with Crippen molar-refractivity contribution in [1.82, 2.24) is 0 Å². The monoisotopic (exact) mass is 261 g/mol. The zero-order valence-corrected chi connectivity index (χ0v) is 12.6. The lowest BCUT2D eigenvalue weighted by Gasteiger charge is -2.24. The average molecular weight is 261 g/mol. The standard InChI is InChI=1S/C13H27NS.CH4O/c1-11(2)15-9-8-13(14)10-12-6-4-3-5-7-12;1-2/h11-13H,3-10,14H2,1-2H3;2H,1H3/t13-;/m1./s1. The molecule has 1 atom stereocenters. The van der Waals surface area contributed by atoms with Crippen LogP contribution in [0.1, 0.15) is 58.8 Å². The van der Waals surface area contributed by atoms with Gasteiger partial charge >= 0.3 is 0 Å². The lowest BCUT2D eigenvalue weighted by Crippen LogP contribution is -2.25. The average Bonchev–Trinajstić information content (AvgIpc) is 2.32.